The van der Waals surface area contributed by atoms with E-state index in [1.54, 1.807) is 0 Å². The molecule has 0 aromatic heterocycles. The number of benzene rings is 1. The molecule has 1 aliphatic carbocycles. The van der Waals surface area contributed by atoms with Crippen LogP contribution in [0.5, 0.6) is 0 Å². The fraction of sp³-hybridized carbons (Fsp3) is 0.524. The third-order valence-electron chi connectivity index (χ3n) is 3.87. The minimum absolute atomic E-state index is 0.776. The summed E-state index contributed by atoms with van der Waals surface area (Å²) in [5, 5.41) is 0. The Morgan fingerprint density at radius 2 is 1.81 bits per heavy atom. The van der Waals surface area contributed by atoms with Gasteiger partial charge in [0.2, 0.25) is 0 Å². The zero-order valence-electron chi connectivity index (χ0n) is 14.3. The molecule has 0 radical (unpaired) electrons. The molecule has 116 valence electrons. The van der Waals surface area contributed by atoms with Crippen LogP contribution in [-0.2, 0) is 6.42 Å². The van der Waals surface area contributed by atoms with Crippen molar-refractivity contribution in [2.45, 2.75) is 59.8 Å². The summed E-state index contributed by atoms with van der Waals surface area (Å²) in [5.74, 6) is 1.62. The van der Waals surface area contributed by atoms with Crippen LogP contribution in [0, 0.1) is 11.8 Å². The molecule has 0 heterocycles. The maximum absolute atomic E-state index is 2.44. The normalized spacial score (nSPS) is 17.2. The molecule has 0 nitrogen and oxygen atoms in total. The van der Waals surface area contributed by atoms with Crippen molar-refractivity contribution in [3.63, 3.8) is 0 Å². The lowest BCUT2D eigenvalue weighted by Gasteiger charge is -2.16. The summed E-state index contributed by atoms with van der Waals surface area (Å²) in [4.78, 5) is 0. The van der Waals surface area contributed by atoms with Gasteiger partial charge in [-0.05, 0) is 42.2 Å². The fourth-order valence-corrected chi connectivity index (χ4v) is 2.67. The van der Waals surface area contributed by atoms with E-state index in [0.29, 0.717) is 0 Å². The highest BCUT2D eigenvalue weighted by atomic mass is 14.1. The number of rotatable bonds is 6. The van der Waals surface area contributed by atoms with Gasteiger partial charge in [0.15, 0.2) is 0 Å². The molecule has 21 heavy (non-hydrogen) atoms. The van der Waals surface area contributed by atoms with E-state index in [4.69, 9.17) is 0 Å². The summed E-state index contributed by atoms with van der Waals surface area (Å²) in [6.45, 7) is 8.63. The first-order valence-electron chi connectivity index (χ1n) is 8.65. The SMILES string of the molecule is CC.CC(C)CCC[C@@H]1C=CC(Cc2ccccc2)=CC1. The maximum atomic E-state index is 2.44. The fourth-order valence-electron chi connectivity index (χ4n) is 2.67. The average molecular weight is 284 g/mol. The summed E-state index contributed by atoms with van der Waals surface area (Å²) in [5.41, 5.74) is 2.89. The van der Waals surface area contributed by atoms with Crippen LogP contribution >= 0.6 is 0 Å². The van der Waals surface area contributed by atoms with Gasteiger partial charge in [0.1, 0.15) is 0 Å². The molecule has 1 atom stereocenters. The maximum Gasteiger partial charge on any atom is -0.00290 e. The van der Waals surface area contributed by atoms with E-state index in [9.17, 15) is 0 Å². The third-order valence-corrected chi connectivity index (χ3v) is 3.87. The Labute approximate surface area is 132 Å². The van der Waals surface area contributed by atoms with Crippen LogP contribution in [0.2, 0.25) is 0 Å². The molecular weight excluding hydrogens is 252 g/mol. The summed E-state index contributed by atoms with van der Waals surface area (Å²) in [7, 11) is 0. The van der Waals surface area contributed by atoms with Crippen LogP contribution in [-0.4, -0.2) is 0 Å². The topological polar surface area (TPSA) is 0 Å². The Morgan fingerprint density at radius 1 is 1.10 bits per heavy atom. The van der Waals surface area contributed by atoms with Crippen LogP contribution in [0.4, 0.5) is 0 Å². The van der Waals surface area contributed by atoms with Gasteiger partial charge in [0.05, 0.1) is 0 Å². The highest BCUT2D eigenvalue weighted by Gasteiger charge is 2.09. The molecule has 0 spiro atoms. The standard InChI is InChI=1S/C19H26.C2H6/c1-16(2)7-6-10-17-11-13-19(14-12-17)15-18-8-4-3-5-9-18;1-2/h3-5,8-9,11,13-14,16-17H,6-7,10,12,15H2,1-2H3;1-2H3/t17-;/m1./s1. The van der Waals surface area contributed by atoms with Gasteiger partial charge in [-0.2, -0.15) is 0 Å². The van der Waals surface area contributed by atoms with Crippen molar-refractivity contribution in [2.24, 2.45) is 11.8 Å². The molecule has 0 aliphatic heterocycles. The lowest BCUT2D eigenvalue weighted by atomic mass is 9.89. The molecule has 0 bridgehead atoms. The van der Waals surface area contributed by atoms with Crippen molar-refractivity contribution in [1.29, 1.82) is 0 Å². The van der Waals surface area contributed by atoms with Crippen molar-refractivity contribution in [3.8, 4) is 0 Å². The minimum Gasteiger partial charge on any atom is -0.0808 e. The quantitative estimate of drug-likeness (QED) is 0.553. The van der Waals surface area contributed by atoms with Gasteiger partial charge in [-0.3, -0.25) is 0 Å². The molecule has 0 N–H and O–H groups in total. The van der Waals surface area contributed by atoms with Crippen molar-refractivity contribution in [1.82, 2.24) is 0 Å². The van der Waals surface area contributed by atoms with Gasteiger partial charge in [0, 0.05) is 0 Å². The molecule has 0 amide bonds. The Morgan fingerprint density at radius 3 is 2.38 bits per heavy atom. The molecule has 1 aliphatic rings. The van der Waals surface area contributed by atoms with Crippen LogP contribution in [0.3, 0.4) is 0 Å². The van der Waals surface area contributed by atoms with E-state index in [-0.39, 0.29) is 0 Å². The first-order valence-corrected chi connectivity index (χ1v) is 8.65. The van der Waals surface area contributed by atoms with Gasteiger partial charge in [-0.15, -0.1) is 0 Å². The van der Waals surface area contributed by atoms with Crippen molar-refractivity contribution < 1.29 is 0 Å². The van der Waals surface area contributed by atoms with Crippen LogP contribution in [0.15, 0.2) is 54.1 Å². The molecule has 0 fully saturated rings. The van der Waals surface area contributed by atoms with Gasteiger partial charge in [-0.25, -0.2) is 0 Å². The molecule has 1 aromatic rings. The molecule has 1 aromatic carbocycles. The molecule has 0 heteroatoms. The van der Waals surface area contributed by atoms with Gasteiger partial charge >= 0.3 is 0 Å². The van der Waals surface area contributed by atoms with E-state index in [1.165, 1.54) is 36.8 Å². The average Bonchev–Trinajstić information content (AvgIpc) is 2.52. The van der Waals surface area contributed by atoms with Crippen molar-refractivity contribution in [3.05, 3.63) is 59.7 Å². The first-order chi connectivity index (χ1) is 10.2. The lowest BCUT2D eigenvalue weighted by molar-refractivity contribution is 0.484. The second-order valence-electron chi connectivity index (χ2n) is 6.12. The van der Waals surface area contributed by atoms with Crippen LogP contribution < -0.4 is 0 Å². The van der Waals surface area contributed by atoms with E-state index in [2.05, 4.69) is 62.4 Å². The van der Waals surface area contributed by atoms with Crippen molar-refractivity contribution >= 4 is 0 Å². The van der Waals surface area contributed by atoms with Crippen molar-refractivity contribution in [2.75, 3.05) is 0 Å². The molecular formula is C21H32. The summed E-state index contributed by atoms with van der Waals surface area (Å²) in [6.07, 6.45) is 13.6. The zero-order valence-corrected chi connectivity index (χ0v) is 14.3. The third kappa shape index (κ3) is 7.32. The van der Waals surface area contributed by atoms with E-state index < -0.39 is 0 Å². The summed E-state index contributed by atoms with van der Waals surface area (Å²) >= 11 is 0. The largest absolute Gasteiger partial charge is 0.0808 e. The Bertz CT molecular complexity index is 423. The Kier molecular flexibility index (Phi) is 8.82. The van der Waals surface area contributed by atoms with Gasteiger partial charge in [-0.1, -0.05) is 89.1 Å². The smallest absolute Gasteiger partial charge is 0.00290 e. The number of hydrogen-bond donors (Lipinski definition) is 0. The molecule has 0 saturated heterocycles. The molecule has 0 unspecified atom stereocenters. The zero-order chi connectivity index (χ0) is 15.5. The van der Waals surface area contributed by atoms with E-state index >= 15 is 0 Å². The van der Waals surface area contributed by atoms with Crippen LogP contribution in [0.1, 0.15) is 58.9 Å². The molecule has 2 rings (SSSR count). The van der Waals surface area contributed by atoms with Gasteiger partial charge < -0.3 is 0 Å². The first kappa shape index (κ1) is 17.8. The Hall–Kier alpha value is -1.30. The van der Waals surface area contributed by atoms with Crippen LogP contribution in [0.25, 0.3) is 0 Å². The monoisotopic (exact) mass is 284 g/mol. The van der Waals surface area contributed by atoms with E-state index in [1.807, 2.05) is 13.8 Å². The summed E-state index contributed by atoms with van der Waals surface area (Å²) in [6, 6.07) is 10.8. The highest BCUT2D eigenvalue weighted by molar-refractivity contribution is 5.30. The van der Waals surface area contributed by atoms with Gasteiger partial charge in [0.25, 0.3) is 0 Å². The highest BCUT2D eigenvalue weighted by Crippen LogP contribution is 2.24. The number of allylic oxidation sites excluding steroid dienone is 4. The number of hydrogen-bond acceptors (Lipinski definition) is 0. The predicted molar refractivity (Wildman–Crippen MR) is 95.5 cm³/mol. The molecule has 0 saturated carbocycles. The second-order valence-corrected chi connectivity index (χ2v) is 6.12. The van der Waals surface area contributed by atoms with E-state index in [0.717, 1.165) is 18.3 Å². The Balaban J connectivity index is 0.00000106. The summed E-state index contributed by atoms with van der Waals surface area (Å²) < 4.78 is 0. The predicted octanol–water partition coefficient (Wildman–Crippen LogP) is 6.58. The second kappa shape index (κ2) is 10.4. The minimum atomic E-state index is 0.776. The lowest BCUT2D eigenvalue weighted by Crippen LogP contribution is -2.02.